The number of ether oxygens (including phenoxy) is 2. The molecule has 1 atom stereocenters. The van der Waals surface area contributed by atoms with Gasteiger partial charge in [0.25, 0.3) is 0 Å². The second kappa shape index (κ2) is 8.58. The van der Waals surface area contributed by atoms with Gasteiger partial charge < -0.3 is 14.8 Å². The van der Waals surface area contributed by atoms with E-state index >= 15 is 0 Å². The summed E-state index contributed by atoms with van der Waals surface area (Å²) in [4.78, 5) is 3.29. The van der Waals surface area contributed by atoms with Gasteiger partial charge in [-0.2, -0.15) is 17.5 Å². The molecule has 1 aromatic rings. The number of hydrogen-bond donors (Lipinski definition) is 1. The van der Waals surface area contributed by atoms with E-state index in [1.165, 1.54) is 11.2 Å². The lowest BCUT2D eigenvalue weighted by atomic mass is 9.88. The average Bonchev–Trinajstić information content (AvgIpc) is 3.10. The summed E-state index contributed by atoms with van der Waals surface area (Å²) in [5.41, 5.74) is -1.58. The summed E-state index contributed by atoms with van der Waals surface area (Å²) in [6.07, 6.45) is -0.693. The van der Waals surface area contributed by atoms with Gasteiger partial charge in [0.1, 0.15) is 10.6 Å². The van der Waals surface area contributed by atoms with Gasteiger partial charge in [-0.25, -0.2) is 13.4 Å². The third-order valence-corrected chi connectivity index (χ3v) is 8.51. The summed E-state index contributed by atoms with van der Waals surface area (Å²) in [5, 5.41) is 3.64. The molecular formula is C20H28F3N3O4S. The van der Waals surface area contributed by atoms with Crippen molar-refractivity contribution in [2.75, 3.05) is 32.9 Å². The molecule has 3 fully saturated rings. The van der Waals surface area contributed by atoms with Crippen LogP contribution in [0.1, 0.15) is 43.5 Å². The van der Waals surface area contributed by atoms with E-state index in [0.29, 0.717) is 25.5 Å². The highest BCUT2D eigenvalue weighted by Crippen LogP contribution is 2.38. The third-order valence-electron chi connectivity index (χ3n) is 6.48. The van der Waals surface area contributed by atoms with Crippen molar-refractivity contribution in [3.05, 3.63) is 23.5 Å². The molecule has 0 bridgehead atoms. The van der Waals surface area contributed by atoms with E-state index in [1.54, 1.807) is 0 Å². The number of halogens is 3. The largest absolute Gasteiger partial charge is 0.433 e. The predicted molar refractivity (Wildman–Crippen MR) is 106 cm³/mol. The molecule has 3 saturated heterocycles. The molecule has 31 heavy (non-hydrogen) atoms. The maximum absolute atomic E-state index is 13.0. The Balaban J connectivity index is 1.38. The Hall–Kier alpha value is -1.27. The van der Waals surface area contributed by atoms with Crippen LogP contribution >= 0.6 is 0 Å². The topological polar surface area (TPSA) is 80.8 Å². The van der Waals surface area contributed by atoms with Crippen molar-refractivity contribution in [1.82, 2.24) is 14.6 Å². The molecule has 1 N–H and O–H groups in total. The lowest BCUT2D eigenvalue weighted by Crippen LogP contribution is -2.47. The molecule has 4 heterocycles. The molecule has 0 aliphatic carbocycles. The SMILES string of the molecule is Cc1nc(C(F)(F)F)ccc1S(=O)(=O)N1CCC2(CC1)CC(NC1CCOCC1)CO2. The number of aryl methyl sites for hydroxylation is 1. The molecule has 3 aliphatic heterocycles. The number of aromatic nitrogens is 1. The molecule has 11 heteroatoms. The van der Waals surface area contributed by atoms with Crippen molar-refractivity contribution in [3.63, 3.8) is 0 Å². The Morgan fingerprint density at radius 3 is 2.45 bits per heavy atom. The Bertz CT molecular complexity index is 895. The van der Waals surface area contributed by atoms with E-state index in [4.69, 9.17) is 9.47 Å². The van der Waals surface area contributed by atoms with Gasteiger partial charge in [0.2, 0.25) is 10.0 Å². The fourth-order valence-electron chi connectivity index (χ4n) is 4.75. The zero-order valence-corrected chi connectivity index (χ0v) is 18.3. The van der Waals surface area contributed by atoms with Crippen molar-refractivity contribution in [2.24, 2.45) is 0 Å². The molecular weight excluding hydrogens is 435 g/mol. The van der Waals surface area contributed by atoms with Gasteiger partial charge in [-0.3, -0.25) is 0 Å². The Kier molecular flexibility index (Phi) is 6.34. The van der Waals surface area contributed by atoms with Crippen LogP contribution in [0.25, 0.3) is 0 Å². The maximum Gasteiger partial charge on any atom is 0.433 e. The predicted octanol–water partition coefficient (Wildman–Crippen LogP) is 2.49. The normalized spacial score (nSPS) is 25.9. The summed E-state index contributed by atoms with van der Waals surface area (Å²) in [6.45, 7) is 3.97. The fraction of sp³-hybridized carbons (Fsp3) is 0.750. The molecule has 1 unspecified atom stereocenters. The molecule has 1 spiro atoms. The zero-order chi connectivity index (χ0) is 22.3. The van der Waals surface area contributed by atoms with Gasteiger partial charge in [-0.05, 0) is 51.2 Å². The van der Waals surface area contributed by atoms with Crippen LogP contribution in [-0.4, -0.2) is 68.3 Å². The lowest BCUT2D eigenvalue weighted by molar-refractivity contribution is -0.141. The smallest absolute Gasteiger partial charge is 0.381 e. The third kappa shape index (κ3) is 4.90. The summed E-state index contributed by atoms with van der Waals surface area (Å²) in [5.74, 6) is 0. The first-order valence-electron chi connectivity index (χ1n) is 10.6. The van der Waals surface area contributed by atoms with Crippen molar-refractivity contribution in [3.8, 4) is 0 Å². The van der Waals surface area contributed by atoms with Gasteiger partial charge >= 0.3 is 6.18 Å². The first-order chi connectivity index (χ1) is 14.6. The summed E-state index contributed by atoms with van der Waals surface area (Å²) >= 11 is 0. The second-order valence-electron chi connectivity index (χ2n) is 8.63. The molecule has 0 aromatic carbocycles. The molecule has 0 amide bonds. The highest BCUT2D eigenvalue weighted by atomic mass is 32.2. The highest BCUT2D eigenvalue weighted by molar-refractivity contribution is 7.89. The van der Waals surface area contributed by atoms with Crippen LogP contribution in [0.4, 0.5) is 13.2 Å². The van der Waals surface area contributed by atoms with Gasteiger partial charge in [-0.15, -0.1) is 0 Å². The highest BCUT2D eigenvalue weighted by Gasteiger charge is 2.45. The fourth-order valence-corrected chi connectivity index (χ4v) is 6.35. The number of nitrogens with one attached hydrogen (secondary N) is 1. The van der Waals surface area contributed by atoms with E-state index in [-0.39, 0.29) is 35.3 Å². The standard InChI is InChI=1S/C20H28F3N3O4S/c1-14-17(2-3-18(24-14)20(21,22)23)31(27,28)26-8-6-19(7-9-26)12-16(13-30-19)25-15-4-10-29-11-5-15/h2-3,15-16,25H,4-13H2,1H3. The van der Waals surface area contributed by atoms with Crippen molar-refractivity contribution >= 4 is 10.0 Å². The molecule has 1 aromatic heterocycles. The van der Waals surface area contributed by atoms with Crippen molar-refractivity contribution in [1.29, 1.82) is 0 Å². The molecule has 4 rings (SSSR count). The number of pyridine rings is 1. The molecule has 3 aliphatic rings. The molecule has 0 radical (unpaired) electrons. The number of sulfonamides is 1. The van der Waals surface area contributed by atoms with Crippen molar-refractivity contribution < 1.29 is 31.1 Å². The van der Waals surface area contributed by atoms with Crippen LogP contribution in [0.5, 0.6) is 0 Å². The summed E-state index contributed by atoms with van der Waals surface area (Å²) in [7, 11) is -3.92. The van der Waals surface area contributed by atoms with E-state index in [1.807, 2.05) is 0 Å². The average molecular weight is 464 g/mol. The van der Waals surface area contributed by atoms with E-state index in [2.05, 4.69) is 10.3 Å². The maximum atomic E-state index is 13.0. The van der Waals surface area contributed by atoms with Crippen LogP contribution in [0.3, 0.4) is 0 Å². The van der Waals surface area contributed by atoms with E-state index in [9.17, 15) is 21.6 Å². The number of nitrogens with zero attached hydrogens (tertiary/aromatic N) is 2. The van der Waals surface area contributed by atoms with Crippen LogP contribution in [0, 0.1) is 6.92 Å². The first kappa shape index (κ1) is 22.9. The summed E-state index contributed by atoms with van der Waals surface area (Å²) < 4.78 is 77.5. The zero-order valence-electron chi connectivity index (χ0n) is 17.5. The number of alkyl halides is 3. The quantitative estimate of drug-likeness (QED) is 0.739. The monoisotopic (exact) mass is 463 g/mol. The Morgan fingerprint density at radius 1 is 1.16 bits per heavy atom. The van der Waals surface area contributed by atoms with Crippen LogP contribution in [0.15, 0.2) is 17.0 Å². The Morgan fingerprint density at radius 2 is 1.84 bits per heavy atom. The minimum absolute atomic E-state index is 0.145. The molecule has 174 valence electrons. The minimum Gasteiger partial charge on any atom is -0.381 e. The van der Waals surface area contributed by atoms with E-state index in [0.717, 1.165) is 44.6 Å². The van der Waals surface area contributed by atoms with Crippen molar-refractivity contribution in [2.45, 2.75) is 67.8 Å². The van der Waals surface area contributed by atoms with Crippen LogP contribution in [0.2, 0.25) is 0 Å². The molecule has 0 saturated carbocycles. The van der Waals surface area contributed by atoms with Gasteiger partial charge in [0, 0.05) is 38.4 Å². The van der Waals surface area contributed by atoms with E-state index < -0.39 is 21.9 Å². The number of rotatable bonds is 4. The van der Waals surface area contributed by atoms with Crippen LogP contribution < -0.4 is 5.32 Å². The first-order valence-corrected chi connectivity index (χ1v) is 12.1. The van der Waals surface area contributed by atoms with Gasteiger partial charge in [0.15, 0.2) is 0 Å². The number of hydrogen-bond acceptors (Lipinski definition) is 6. The lowest BCUT2D eigenvalue weighted by Gasteiger charge is -2.38. The summed E-state index contributed by atoms with van der Waals surface area (Å²) in [6, 6.07) is 2.39. The second-order valence-corrected chi connectivity index (χ2v) is 10.5. The minimum atomic E-state index is -4.61. The van der Waals surface area contributed by atoms with Gasteiger partial charge in [0.05, 0.1) is 17.9 Å². The Labute approximate surface area is 180 Å². The van der Waals surface area contributed by atoms with Gasteiger partial charge in [-0.1, -0.05) is 0 Å². The molecule has 7 nitrogen and oxygen atoms in total. The number of piperidine rings is 1. The van der Waals surface area contributed by atoms with Crippen LogP contribution in [-0.2, 0) is 25.7 Å².